The van der Waals surface area contributed by atoms with Crippen LogP contribution in [0.3, 0.4) is 0 Å². The van der Waals surface area contributed by atoms with Crippen molar-refractivity contribution in [3.05, 3.63) is 122 Å². The molecule has 0 aromatic heterocycles. The fraction of sp³-hybridized carbons (Fsp3) is 0.617. The van der Waals surface area contributed by atoms with Gasteiger partial charge in [-0.2, -0.15) is 0 Å². The third-order valence-corrected chi connectivity index (χ3v) is 10.7. The van der Waals surface area contributed by atoms with E-state index >= 15 is 0 Å². The topological polar surface area (TPSA) is 78.9 Å². The Bertz CT molecular complexity index is 1420. The summed E-state index contributed by atoms with van der Waals surface area (Å²) in [6.07, 6.45) is 73.3. The van der Waals surface area contributed by atoms with Gasteiger partial charge in [0.2, 0.25) is 0 Å². The summed E-state index contributed by atoms with van der Waals surface area (Å²) in [5.74, 6) is -1.01. The van der Waals surface area contributed by atoms with Crippen LogP contribution in [0.4, 0.5) is 0 Å². The van der Waals surface area contributed by atoms with E-state index in [-0.39, 0.29) is 37.5 Å². The molecule has 0 aliphatic heterocycles. The molecule has 0 saturated heterocycles. The van der Waals surface area contributed by atoms with Crippen LogP contribution in [0.15, 0.2) is 122 Å². The van der Waals surface area contributed by atoms with Gasteiger partial charge in [0, 0.05) is 19.3 Å². The van der Waals surface area contributed by atoms with E-state index < -0.39 is 6.10 Å². The molecule has 0 saturated carbocycles. The maximum Gasteiger partial charge on any atom is 0.306 e. The van der Waals surface area contributed by atoms with E-state index in [1.54, 1.807) is 0 Å². The predicted octanol–water partition coefficient (Wildman–Crippen LogP) is 17.7. The van der Waals surface area contributed by atoms with Gasteiger partial charge in [0.25, 0.3) is 0 Å². The van der Waals surface area contributed by atoms with Crippen molar-refractivity contribution in [1.29, 1.82) is 0 Å². The molecule has 1 atom stereocenters. The maximum absolute atomic E-state index is 12.8. The minimum absolute atomic E-state index is 0.115. The fourth-order valence-corrected chi connectivity index (χ4v) is 6.80. The van der Waals surface area contributed by atoms with Gasteiger partial charge >= 0.3 is 17.9 Å². The Balaban J connectivity index is 4.52. The third kappa shape index (κ3) is 50.8. The van der Waals surface area contributed by atoms with E-state index in [0.717, 1.165) is 116 Å². The lowest BCUT2D eigenvalue weighted by Gasteiger charge is -2.18. The van der Waals surface area contributed by atoms with Crippen LogP contribution in [0.5, 0.6) is 0 Å². The molecule has 6 nitrogen and oxygen atoms in total. The van der Waals surface area contributed by atoms with Crippen molar-refractivity contribution in [1.82, 2.24) is 0 Å². The molecule has 0 amide bonds. The van der Waals surface area contributed by atoms with E-state index in [2.05, 4.69) is 142 Å². The Morgan fingerprint density at radius 3 is 0.985 bits per heavy atom. The van der Waals surface area contributed by atoms with Crippen LogP contribution in [-0.4, -0.2) is 37.2 Å². The zero-order valence-corrected chi connectivity index (χ0v) is 42.4. The molecule has 372 valence electrons. The first-order chi connectivity index (χ1) is 32.5. The number of hydrogen-bond acceptors (Lipinski definition) is 6. The highest BCUT2D eigenvalue weighted by Crippen LogP contribution is 2.14. The van der Waals surface area contributed by atoms with Crippen molar-refractivity contribution in [2.75, 3.05) is 13.2 Å². The second-order valence-corrected chi connectivity index (χ2v) is 17.0. The van der Waals surface area contributed by atoms with Crippen LogP contribution in [0, 0.1) is 0 Å². The Kier molecular flexibility index (Phi) is 50.0. The molecule has 0 rings (SSSR count). The van der Waals surface area contributed by atoms with Gasteiger partial charge in [-0.05, 0) is 103 Å². The van der Waals surface area contributed by atoms with E-state index in [1.807, 2.05) is 0 Å². The molecule has 6 heteroatoms. The van der Waals surface area contributed by atoms with Gasteiger partial charge in [-0.3, -0.25) is 14.4 Å². The highest BCUT2D eigenvalue weighted by molar-refractivity contribution is 5.71. The third-order valence-electron chi connectivity index (χ3n) is 10.7. The van der Waals surface area contributed by atoms with Crippen LogP contribution in [0.1, 0.15) is 220 Å². The van der Waals surface area contributed by atoms with Crippen LogP contribution >= 0.6 is 0 Å². The summed E-state index contributed by atoms with van der Waals surface area (Å²) in [4.78, 5) is 38.0. The number of allylic oxidation sites excluding steroid dienone is 20. The molecule has 0 aromatic carbocycles. The van der Waals surface area contributed by atoms with E-state index in [4.69, 9.17) is 14.2 Å². The Labute approximate surface area is 405 Å². The molecule has 66 heavy (non-hydrogen) atoms. The number of carbonyl (C=O) groups excluding carboxylic acids is 3. The number of carbonyl (C=O) groups is 3. The second kappa shape index (κ2) is 53.4. The SMILES string of the molecule is CC/C=C\C/C=C\C/C=C\C/C=C\C/C=C\CCCCCC(=O)OC[C@H](COC(=O)CCC/C=C\C/C=C\C/C=C\C/C=C\C/C=C\CC)OC(=O)CCCCCCCCCCCCCC. The molecule has 0 aliphatic carbocycles. The van der Waals surface area contributed by atoms with Crippen LogP contribution in [0.25, 0.3) is 0 Å². The van der Waals surface area contributed by atoms with Gasteiger partial charge < -0.3 is 14.2 Å². The Hall–Kier alpha value is -4.19. The quantitative estimate of drug-likeness (QED) is 0.0262. The number of rotatable bonds is 46. The number of ether oxygens (including phenoxy) is 3. The molecular formula is C60H96O6. The lowest BCUT2D eigenvalue weighted by atomic mass is 10.0. The number of unbranched alkanes of at least 4 members (excludes halogenated alkanes) is 15. The van der Waals surface area contributed by atoms with Gasteiger partial charge in [0.05, 0.1) is 0 Å². The molecule has 0 radical (unpaired) electrons. The summed E-state index contributed by atoms with van der Waals surface area (Å²) >= 11 is 0. The average Bonchev–Trinajstić information content (AvgIpc) is 3.31. The van der Waals surface area contributed by atoms with Crippen molar-refractivity contribution in [2.45, 2.75) is 226 Å². The molecule has 0 unspecified atom stereocenters. The fourth-order valence-electron chi connectivity index (χ4n) is 6.80. The summed E-state index contributed by atoms with van der Waals surface area (Å²) in [5, 5.41) is 0. The van der Waals surface area contributed by atoms with Crippen LogP contribution in [-0.2, 0) is 28.6 Å². The highest BCUT2D eigenvalue weighted by atomic mass is 16.6. The molecule has 0 heterocycles. The summed E-state index contributed by atoms with van der Waals surface area (Å²) in [6.45, 7) is 6.32. The van der Waals surface area contributed by atoms with Gasteiger partial charge in [-0.1, -0.05) is 219 Å². The molecular weight excluding hydrogens is 817 g/mol. The smallest absolute Gasteiger partial charge is 0.306 e. The van der Waals surface area contributed by atoms with Gasteiger partial charge in [0.1, 0.15) is 13.2 Å². The average molecular weight is 913 g/mol. The van der Waals surface area contributed by atoms with Gasteiger partial charge in [-0.25, -0.2) is 0 Å². The zero-order chi connectivity index (χ0) is 47.9. The van der Waals surface area contributed by atoms with Crippen LogP contribution < -0.4 is 0 Å². The summed E-state index contributed by atoms with van der Waals surface area (Å²) in [7, 11) is 0. The first kappa shape index (κ1) is 61.8. The van der Waals surface area contributed by atoms with Crippen molar-refractivity contribution < 1.29 is 28.6 Å². The number of esters is 3. The maximum atomic E-state index is 12.8. The second-order valence-electron chi connectivity index (χ2n) is 17.0. The van der Waals surface area contributed by atoms with Gasteiger partial charge in [-0.15, -0.1) is 0 Å². The molecule has 0 bridgehead atoms. The highest BCUT2D eigenvalue weighted by Gasteiger charge is 2.19. The Morgan fingerprint density at radius 1 is 0.318 bits per heavy atom. The van der Waals surface area contributed by atoms with Crippen LogP contribution in [0.2, 0.25) is 0 Å². The van der Waals surface area contributed by atoms with Crippen molar-refractivity contribution in [3.63, 3.8) is 0 Å². The lowest BCUT2D eigenvalue weighted by molar-refractivity contribution is -0.167. The zero-order valence-electron chi connectivity index (χ0n) is 42.4. The van der Waals surface area contributed by atoms with E-state index in [0.29, 0.717) is 19.3 Å². The minimum atomic E-state index is -0.816. The summed E-state index contributed by atoms with van der Waals surface area (Å²) in [5.41, 5.74) is 0. The first-order valence-electron chi connectivity index (χ1n) is 26.5. The van der Waals surface area contributed by atoms with Crippen molar-refractivity contribution in [3.8, 4) is 0 Å². The first-order valence-corrected chi connectivity index (χ1v) is 26.5. The van der Waals surface area contributed by atoms with E-state index in [9.17, 15) is 14.4 Å². The lowest BCUT2D eigenvalue weighted by Crippen LogP contribution is -2.30. The molecule has 0 aliphatic rings. The summed E-state index contributed by atoms with van der Waals surface area (Å²) in [6, 6.07) is 0. The molecule has 0 N–H and O–H groups in total. The molecule has 0 fully saturated rings. The normalized spacial score (nSPS) is 13.1. The predicted molar refractivity (Wildman–Crippen MR) is 283 cm³/mol. The van der Waals surface area contributed by atoms with Crippen molar-refractivity contribution in [2.24, 2.45) is 0 Å². The number of hydrogen-bond donors (Lipinski definition) is 0. The standard InChI is InChI=1S/C60H96O6/c1-4-7-10-13-16-19-22-25-27-29-30-32-34-36-39-41-44-47-50-53-59(62)65-56-57(66-60(63)54-51-48-45-42-37-24-21-18-15-12-9-6-3)55-64-58(61)52-49-46-43-40-38-35-33-31-28-26-23-20-17-14-11-8-5-2/h7-8,10-11,16-17,19-20,25-28,30,32-33,35-36,39-40,43,57H,4-6,9,12-15,18,21-24,29,31,34,37-38,41-42,44-56H2,1-3H3/b10-7-,11-8-,19-16-,20-17-,27-25-,28-26-,32-30-,35-33-,39-36-,43-40-/t57-/m0/s1. The van der Waals surface area contributed by atoms with E-state index in [1.165, 1.54) is 57.8 Å². The summed E-state index contributed by atoms with van der Waals surface area (Å²) < 4.78 is 16.7. The van der Waals surface area contributed by atoms with Crippen molar-refractivity contribution >= 4 is 17.9 Å². The largest absolute Gasteiger partial charge is 0.462 e. The minimum Gasteiger partial charge on any atom is -0.462 e. The Morgan fingerprint density at radius 2 is 0.606 bits per heavy atom. The monoisotopic (exact) mass is 913 g/mol. The van der Waals surface area contributed by atoms with Gasteiger partial charge in [0.15, 0.2) is 6.10 Å². The molecule has 0 aromatic rings. The molecule has 0 spiro atoms.